The van der Waals surface area contributed by atoms with E-state index in [1.54, 1.807) is 19.3 Å². The lowest BCUT2D eigenvalue weighted by molar-refractivity contribution is -0.128. The predicted octanol–water partition coefficient (Wildman–Crippen LogP) is 0.572. The van der Waals surface area contributed by atoms with Crippen LogP contribution < -0.4 is 5.32 Å². The molecule has 1 fully saturated rings. The van der Waals surface area contributed by atoms with Crippen LogP contribution in [0.4, 0.5) is 5.82 Å². The predicted molar refractivity (Wildman–Crippen MR) is 73.7 cm³/mol. The van der Waals surface area contributed by atoms with Gasteiger partial charge >= 0.3 is 0 Å². The molecule has 1 aliphatic rings. The van der Waals surface area contributed by atoms with Crippen molar-refractivity contribution in [2.24, 2.45) is 0 Å². The largest absolute Gasteiger partial charge is 0.372 e. The fraction of sp³-hybridized carbons (Fsp3) is 0.615. The summed E-state index contributed by atoms with van der Waals surface area (Å²) in [4.78, 5) is 24.2. The molecule has 2 rings (SSSR count). The minimum absolute atomic E-state index is 0.167. The van der Waals surface area contributed by atoms with E-state index in [-0.39, 0.29) is 5.91 Å². The second-order valence-electron chi connectivity index (χ2n) is 4.78. The molecule has 0 aromatic carbocycles. The fourth-order valence-electron chi connectivity index (χ4n) is 2.24. The minimum atomic E-state index is 0.167. The smallest absolute Gasteiger partial charge is 0.219 e. The highest BCUT2D eigenvalue weighted by atomic mass is 16.2. The second-order valence-corrected chi connectivity index (χ2v) is 4.78. The Labute approximate surface area is 113 Å². The Kier molecular flexibility index (Phi) is 4.68. The van der Waals surface area contributed by atoms with E-state index in [0.717, 1.165) is 50.7 Å². The molecule has 1 saturated heterocycles. The zero-order chi connectivity index (χ0) is 13.7. The number of rotatable bonds is 3. The Bertz CT molecular complexity index is 420. The van der Waals surface area contributed by atoms with Crippen LogP contribution in [0.5, 0.6) is 0 Å². The minimum Gasteiger partial charge on any atom is -0.372 e. The molecule has 19 heavy (non-hydrogen) atoms. The maximum absolute atomic E-state index is 11.4. The number of nitrogens with zero attached hydrogens (tertiary/aromatic N) is 4. The van der Waals surface area contributed by atoms with Crippen LogP contribution in [0, 0.1) is 0 Å². The number of amides is 1. The molecule has 1 aliphatic heterocycles. The van der Waals surface area contributed by atoms with Gasteiger partial charge in [0.05, 0.1) is 18.1 Å². The van der Waals surface area contributed by atoms with Gasteiger partial charge in [-0.3, -0.25) is 14.7 Å². The topological polar surface area (TPSA) is 61.4 Å². The molecule has 0 spiro atoms. The van der Waals surface area contributed by atoms with Crippen molar-refractivity contribution in [2.45, 2.75) is 19.9 Å². The Balaban J connectivity index is 1.90. The van der Waals surface area contributed by atoms with Crippen LogP contribution in [-0.4, -0.2) is 58.9 Å². The van der Waals surface area contributed by atoms with E-state index in [4.69, 9.17) is 0 Å². The van der Waals surface area contributed by atoms with Crippen LogP contribution in [0.3, 0.4) is 0 Å². The van der Waals surface area contributed by atoms with Crippen molar-refractivity contribution in [3.8, 4) is 0 Å². The third-order valence-electron chi connectivity index (χ3n) is 3.38. The van der Waals surface area contributed by atoms with Gasteiger partial charge in [-0.05, 0) is 6.42 Å². The third kappa shape index (κ3) is 3.89. The number of carbonyl (C=O) groups excluding carboxylic acids is 1. The third-order valence-corrected chi connectivity index (χ3v) is 3.38. The summed E-state index contributed by atoms with van der Waals surface area (Å²) < 4.78 is 0. The van der Waals surface area contributed by atoms with Crippen molar-refractivity contribution in [3.63, 3.8) is 0 Å². The van der Waals surface area contributed by atoms with Gasteiger partial charge in [0, 0.05) is 46.7 Å². The normalized spacial score (nSPS) is 17.1. The molecule has 0 saturated carbocycles. The molecule has 0 aliphatic carbocycles. The average Bonchev–Trinajstić information content (AvgIpc) is 2.65. The van der Waals surface area contributed by atoms with Gasteiger partial charge in [0.15, 0.2) is 0 Å². The van der Waals surface area contributed by atoms with E-state index in [1.807, 2.05) is 11.9 Å². The summed E-state index contributed by atoms with van der Waals surface area (Å²) in [6.07, 6.45) is 4.57. The van der Waals surface area contributed by atoms with Crippen LogP contribution in [0.2, 0.25) is 0 Å². The summed E-state index contributed by atoms with van der Waals surface area (Å²) in [7, 11) is 1.83. The first-order chi connectivity index (χ1) is 9.19. The molecule has 0 radical (unpaired) electrons. The van der Waals surface area contributed by atoms with Gasteiger partial charge in [-0.15, -0.1) is 0 Å². The molecule has 104 valence electrons. The van der Waals surface area contributed by atoms with Crippen LogP contribution in [0.1, 0.15) is 19.0 Å². The number of anilines is 1. The fourth-order valence-corrected chi connectivity index (χ4v) is 2.24. The van der Waals surface area contributed by atoms with Crippen LogP contribution in [0.25, 0.3) is 0 Å². The van der Waals surface area contributed by atoms with Crippen molar-refractivity contribution in [3.05, 3.63) is 18.1 Å². The Morgan fingerprint density at radius 2 is 2.11 bits per heavy atom. The molecule has 0 bridgehead atoms. The van der Waals surface area contributed by atoms with E-state index in [0.29, 0.717) is 0 Å². The average molecular weight is 263 g/mol. The maximum Gasteiger partial charge on any atom is 0.219 e. The van der Waals surface area contributed by atoms with Crippen molar-refractivity contribution in [1.82, 2.24) is 19.8 Å². The van der Waals surface area contributed by atoms with Gasteiger partial charge < -0.3 is 10.2 Å². The van der Waals surface area contributed by atoms with E-state index < -0.39 is 0 Å². The van der Waals surface area contributed by atoms with Gasteiger partial charge in [-0.1, -0.05) is 0 Å². The molecule has 6 nitrogen and oxygen atoms in total. The summed E-state index contributed by atoms with van der Waals surface area (Å²) in [6.45, 7) is 5.99. The van der Waals surface area contributed by atoms with Gasteiger partial charge in [0.1, 0.15) is 5.82 Å². The highest BCUT2D eigenvalue weighted by molar-refractivity contribution is 5.73. The maximum atomic E-state index is 11.4. The SMILES string of the molecule is CNc1cnc(CN2CCCN(C(C)=O)CC2)cn1. The number of hydrogen-bond donors (Lipinski definition) is 1. The molecule has 1 aromatic rings. The molecule has 0 atom stereocenters. The molecule has 1 N–H and O–H groups in total. The van der Waals surface area contributed by atoms with E-state index >= 15 is 0 Å². The number of nitrogens with one attached hydrogen (secondary N) is 1. The quantitative estimate of drug-likeness (QED) is 0.864. The first-order valence-corrected chi connectivity index (χ1v) is 6.65. The van der Waals surface area contributed by atoms with Crippen LogP contribution >= 0.6 is 0 Å². The van der Waals surface area contributed by atoms with Crippen molar-refractivity contribution in [2.75, 3.05) is 38.5 Å². The first kappa shape index (κ1) is 13.7. The van der Waals surface area contributed by atoms with E-state index in [1.165, 1.54) is 0 Å². The summed E-state index contributed by atoms with van der Waals surface area (Å²) in [5, 5.41) is 2.95. The molecule has 0 unspecified atom stereocenters. The van der Waals surface area contributed by atoms with Crippen LogP contribution in [0.15, 0.2) is 12.4 Å². The highest BCUT2D eigenvalue weighted by Crippen LogP contribution is 2.08. The monoisotopic (exact) mass is 263 g/mol. The van der Waals surface area contributed by atoms with Gasteiger partial charge in [0.25, 0.3) is 0 Å². The first-order valence-electron chi connectivity index (χ1n) is 6.65. The van der Waals surface area contributed by atoms with Crippen molar-refractivity contribution in [1.29, 1.82) is 0 Å². The molecule has 6 heteroatoms. The lowest BCUT2D eigenvalue weighted by Gasteiger charge is -2.20. The van der Waals surface area contributed by atoms with Crippen molar-refractivity contribution >= 4 is 11.7 Å². The molecule has 2 heterocycles. The van der Waals surface area contributed by atoms with Gasteiger partial charge in [-0.25, -0.2) is 4.98 Å². The van der Waals surface area contributed by atoms with E-state index in [2.05, 4.69) is 20.2 Å². The molecular formula is C13H21N5O. The summed E-state index contributed by atoms with van der Waals surface area (Å²) in [5.41, 5.74) is 0.968. The summed E-state index contributed by atoms with van der Waals surface area (Å²) >= 11 is 0. The Hall–Kier alpha value is -1.69. The molecule has 1 aromatic heterocycles. The molecule has 1 amide bonds. The number of aromatic nitrogens is 2. The Morgan fingerprint density at radius 3 is 2.74 bits per heavy atom. The van der Waals surface area contributed by atoms with Crippen LogP contribution in [-0.2, 0) is 11.3 Å². The number of hydrogen-bond acceptors (Lipinski definition) is 5. The second kappa shape index (κ2) is 6.47. The number of carbonyl (C=O) groups is 1. The zero-order valence-electron chi connectivity index (χ0n) is 11.6. The van der Waals surface area contributed by atoms with Gasteiger partial charge in [-0.2, -0.15) is 0 Å². The van der Waals surface area contributed by atoms with Gasteiger partial charge in [0.2, 0.25) is 5.91 Å². The van der Waals surface area contributed by atoms with E-state index in [9.17, 15) is 4.79 Å². The standard InChI is InChI=1S/C13H21N5O/c1-11(19)18-5-3-4-17(6-7-18)10-12-8-16-13(14-2)9-15-12/h8-9H,3-7,10H2,1-2H3,(H,14,16). The summed E-state index contributed by atoms with van der Waals surface area (Å²) in [5.74, 6) is 0.947. The lowest BCUT2D eigenvalue weighted by atomic mass is 10.3. The zero-order valence-corrected chi connectivity index (χ0v) is 11.6. The van der Waals surface area contributed by atoms with Crippen molar-refractivity contribution < 1.29 is 4.79 Å². The lowest BCUT2D eigenvalue weighted by Crippen LogP contribution is -2.33. The summed E-state index contributed by atoms with van der Waals surface area (Å²) in [6, 6.07) is 0. The highest BCUT2D eigenvalue weighted by Gasteiger charge is 2.16. The molecular weight excluding hydrogens is 242 g/mol. The Morgan fingerprint density at radius 1 is 1.26 bits per heavy atom.